The van der Waals surface area contributed by atoms with Gasteiger partial charge in [0.25, 0.3) is 5.91 Å². The number of para-hydroxylation sites is 2. The van der Waals surface area contributed by atoms with Gasteiger partial charge in [0.15, 0.2) is 11.5 Å². The van der Waals surface area contributed by atoms with E-state index < -0.39 is 11.9 Å². The number of carboxylic acids is 1. The maximum Gasteiger partial charge on any atom is 0.337 e. The van der Waals surface area contributed by atoms with Gasteiger partial charge in [-0.25, -0.2) is 4.79 Å². The summed E-state index contributed by atoms with van der Waals surface area (Å²) in [7, 11) is 0. The van der Waals surface area contributed by atoms with E-state index in [1.54, 1.807) is 18.2 Å². The first kappa shape index (κ1) is 24.0. The second-order valence-corrected chi connectivity index (χ2v) is 7.57. The van der Waals surface area contributed by atoms with Crippen molar-refractivity contribution in [1.29, 1.82) is 5.26 Å². The highest BCUT2D eigenvalue weighted by molar-refractivity contribution is 6.07. The van der Waals surface area contributed by atoms with Crippen LogP contribution < -0.4 is 14.8 Å². The minimum atomic E-state index is -1.27. The van der Waals surface area contributed by atoms with Crippen molar-refractivity contribution in [3.8, 4) is 28.9 Å². The molecule has 4 rings (SSSR count). The molecule has 9 heteroatoms. The Morgan fingerprint density at radius 3 is 2.50 bits per heavy atom. The van der Waals surface area contributed by atoms with E-state index in [1.165, 1.54) is 24.3 Å². The van der Waals surface area contributed by atoms with Gasteiger partial charge >= 0.3 is 5.97 Å². The molecule has 2 N–H and O–H groups in total. The van der Waals surface area contributed by atoms with Crippen molar-refractivity contribution in [2.45, 2.75) is 6.42 Å². The van der Waals surface area contributed by atoms with Crippen LogP contribution >= 0.6 is 0 Å². The Bertz CT molecular complexity index is 1410. The molecular formula is C27H21N3O6. The van der Waals surface area contributed by atoms with Gasteiger partial charge in [0, 0.05) is 12.5 Å². The van der Waals surface area contributed by atoms with Crippen molar-refractivity contribution < 1.29 is 28.7 Å². The number of carbonyl (C=O) groups is 2. The zero-order valence-corrected chi connectivity index (χ0v) is 19.0. The number of nitrogens with zero attached hydrogens (tertiary/aromatic N) is 2. The molecule has 0 aliphatic heterocycles. The fourth-order valence-electron chi connectivity index (χ4n) is 3.34. The first-order valence-corrected chi connectivity index (χ1v) is 11.0. The molecule has 4 aromatic rings. The van der Waals surface area contributed by atoms with E-state index in [2.05, 4.69) is 10.5 Å². The molecule has 0 spiro atoms. The monoisotopic (exact) mass is 483 g/mol. The number of carbonyl (C=O) groups excluding carboxylic acids is 1. The molecule has 1 amide bonds. The van der Waals surface area contributed by atoms with Gasteiger partial charge in [-0.3, -0.25) is 4.79 Å². The number of ether oxygens (including phenoxy) is 2. The highest BCUT2D eigenvalue weighted by Crippen LogP contribution is 2.31. The number of anilines is 1. The van der Waals surface area contributed by atoms with Crippen LogP contribution in [-0.4, -0.2) is 35.4 Å². The molecular weight excluding hydrogens is 462 g/mol. The Kier molecular flexibility index (Phi) is 7.58. The summed E-state index contributed by atoms with van der Waals surface area (Å²) in [5, 5.41) is 24.7. The average Bonchev–Trinajstić information content (AvgIpc) is 3.40. The van der Waals surface area contributed by atoms with Gasteiger partial charge < -0.3 is 24.4 Å². The molecule has 180 valence electrons. The van der Waals surface area contributed by atoms with Crippen LogP contribution in [0.4, 0.5) is 5.69 Å². The Labute approximate surface area is 206 Å². The molecule has 0 aliphatic carbocycles. The highest BCUT2D eigenvalue weighted by atomic mass is 16.5. The van der Waals surface area contributed by atoms with Gasteiger partial charge in [0.05, 0.1) is 41.7 Å². The fraction of sp³-hybridized carbons (Fsp3) is 0.111. The third-order valence-corrected chi connectivity index (χ3v) is 5.08. The maximum absolute atomic E-state index is 12.7. The van der Waals surface area contributed by atoms with Crippen LogP contribution in [0.3, 0.4) is 0 Å². The summed E-state index contributed by atoms with van der Waals surface area (Å²) in [6.45, 7) is 0.897. The van der Waals surface area contributed by atoms with Crippen molar-refractivity contribution in [3.05, 3.63) is 95.7 Å². The first-order chi connectivity index (χ1) is 17.5. The standard InChI is InChI=1S/C27H21N3O6/c28-17-18-11-12-22(21(15-18)27(32)33)29-26(31)23-16-25(36-30-23)20-9-4-5-10-24(20)35-14-6-13-34-19-7-2-1-3-8-19/h1-5,7-12,15-16H,6,13-14H2,(H,29,31)(H,32,33). The van der Waals surface area contributed by atoms with Crippen LogP contribution in [0.1, 0.15) is 32.8 Å². The van der Waals surface area contributed by atoms with Crippen molar-refractivity contribution in [3.63, 3.8) is 0 Å². The molecule has 0 radical (unpaired) electrons. The molecule has 0 fully saturated rings. The molecule has 0 atom stereocenters. The maximum atomic E-state index is 12.7. The number of carboxylic acid groups (broad SMARTS) is 1. The minimum absolute atomic E-state index is 0.0394. The zero-order chi connectivity index (χ0) is 25.3. The number of aromatic carboxylic acids is 1. The van der Waals surface area contributed by atoms with E-state index in [1.807, 2.05) is 42.5 Å². The predicted molar refractivity (Wildman–Crippen MR) is 130 cm³/mol. The Morgan fingerprint density at radius 1 is 0.972 bits per heavy atom. The van der Waals surface area contributed by atoms with Crippen molar-refractivity contribution in [1.82, 2.24) is 5.16 Å². The lowest BCUT2D eigenvalue weighted by Crippen LogP contribution is -2.15. The van der Waals surface area contributed by atoms with E-state index in [9.17, 15) is 14.7 Å². The summed E-state index contributed by atoms with van der Waals surface area (Å²) >= 11 is 0. The molecule has 0 unspecified atom stereocenters. The molecule has 0 saturated carbocycles. The lowest BCUT2D eigenvalue weighted by molar-refractivity contribution is 0.0698. The number of hydrogen-bond donors (Lipinski definition) is 2. The van der Waals surface area contributed by atoms with E-state index in [4.69, 9.17) is 19.3 Å². The van der Waals surface area contributed by atoms with Gasteiger partial charge in [-0.05, 0) is 42.5 Å². The Balaban J connectivity index is 1.40. The molecule has 36 heavy (non-hydrogen) atoms. The third-order valence-electron chi connectivity index (χ3n) is 5.08. The van der Waals surface area contributed by atoms with Gasteiger partial charge in [-0.1, -0.05) is 35.5 Å². The van der Waals surface area contributed by atoms with Crippen molar-refractivity contribution in [2.24, 2.45) is 0 Å². The summed E-state index contributed by atoms with van der Waals surface area (Å²) in [5.41, 5.74) is 0.561. The normalized spacial score (nSPS) is 10.3. The smallest absolute Gasteiger partial charge is 0.337 e. The lowest BCUT2D eigenvalue weighted by Gasteiger charge is -2.10. The fourth-order valence-corrected chi connectivity index (χ4v) is 3.34. The van der Waals surface area contributed by atoms with Gasteiger partial charge in [0.2, 0.25) is 0 Å². The van der Waals surface area contributed by atoms with Crippen LogP contribution in [0.15, 0.2) is 83.4 Å². The number of nitriles is 1. The molecule has 0 aliphatic rings. The SMILES string of the molecule is N#Cc1ccc(NC(=O)c2cc(-c3ccccc3OCCCOc3ccccc3)on2)c(C(=O)O)c1. The topological polar surface area (TPSA) is 135 Å². The lowest BCUT2D eigenvalue weighted by atomic mass is 10.1. The largest absolute Gasteiger partial charge is 0.493 e. The number of rotatable bonds is 10. The van der Waals surface area contributed by atoms with Crippen LogP contribution in [0.25, 0.3) is 11.3 Å². The quantitative estimate of drug-likeness (QED) is 0.301. The van der Waals surface area contributed by atoms with E-state index >= 15 is 0 Å². The van der Waals surface area contributed by atoms with Crippen LogP contribution in [0.2, 0.25) is 0 Å². The second-order valence-electron chi connectivity index (χ2n) is 7.57. The number of hydrogen-bond acceptors (Lipinski definition) is 7. The number of nitrogens with one attached hydrogen (secondary N) is 1. The summed E-state index contributed by atoms with van der Waals surface area (Å²) < 4.78 is 16.9. The van der Waals surface area contributed by atoms with E-state index in [0.29, 0.717) is 36.7 Å². The number of benzene rings is 3. The third kappa shape index (κ3) is 5.87. The van der Waals surface area contributed by atoms with Crippen LogP contribution in [0.5, 0.6) is 11.5 Å². The molecule has 1 heterocycles. The Hall–Kier alpha value is -5.10. The number of amides is 1. The average molecular weight is 483 g/mol. The van der Waals surface area contributed by atoms with Crippen LogP contribution in [0, 0.1) is 11.3 Å². The first-order valence-electron chi connectivity index (χ1n) is 11.0. The Morgan fingerprint density at radius 2 is 1.72 bits per heavy atom. The highest BCUT2D eigenvalue weighted by Gasteiger charge is 2.19. The second kappa shape index (κ2) is 11.4. The van der Waals surface area contributed by atoms with E-state index in [-0.39, 0.29) is 22.5 Å². The van der Waals surface area contributed by atoms with Crippen molar-refractivity contribution >= 4 is 17.6 Å². The molecule has 3 aromatic carbocycles. The summed E-state index contributed by atoms with van der Waals surface area (Å²) in [6, 6.07) is 24.0. The zero-order valence-electron chi connectivity index (χ0n) is 19.0. The van der Waals surface area contributed by atoms with Crippen molar-refractivity contribution in [2.75, 3.05) is 18.5 Å². The molecule has 0 bridgehead atoms. The molecule has 9 nitrogen and oxygen atoms in total. The van der Waals surface area contributed by atoms with Crippen LogP contribution in [-0.2, 0) is 0 Å². The van der Waals surface area contributed by atoms with Gasteiger partial charge in [0.1, 0.15) is 11.5 Å². The minimum Gasteiger partial charge on any atom is -0.493 e. The predicted octanol–water partition coefficient (Wildman–Crippen LogP) is 5.01. The summed E-state index contributed by atoms with van der Waals surface area (Å²) in [6.07, 6.45) is 0.657. The summed E-state index contributed by atoms with van der Waals surface area (Å²) in [5.74, 6) is -0.269. The molecule has 0 saturated heterocycles. The van der Waals surface area contributed by atoms with E-state index in [0.717, 1.165) is 5.75 Å². The molecule has 1 aromatic heterocycles. The van der Waals surface area contributed by atoms with Gasteiger partial charge in [-0.15, -0.1) is 0 Å². The number of aromatic nitrogens is 1. The van der Waals surface area contributed by atoms with Gasteiger partial charge in [-0.2, -0.15) is 5.26 Å². The summed E-state index contributed by atoms with van der Waals surface area (Å²) in [4.78, 5) is 24.2.